The first-order valence-electron chi connectivity index (χ1n) is 10.5. The van der Waals surface area contributed by atoms with E-state index in [-0.39, 0.29) is 5.91 Å². The summed E-state index contributed by atoms with van der Waals surface area (Å²) >= 11 is 0. The Morgan fingerprint density at radius 3 is 2.88 bits per heavy atom. The Balaban J connectivity index is 1.55. The van der Waals surface area contributed by atoms with E-state index in [2.05, 4.69) is 25.6 Å². The van der Waals surface area contributed by atoms with Crippen LogP contribution < -0.4 is 10.1 Å². The zero-order chi connectivity index (χ0) is 22.1. The van der Waals surface area contributed by atoms with E-state index in [1.165, 1.54) is 0 Å². The molecule has 0 atom stereocenters. The van der Waals surface area contributed by atoms with Gasteiger partial charge in [0.2, 0.25) is 0 Å². The molecule has 9 heteroatoms. The number of carbonyl (C=O) groups excluding carboxylic acids is 1. The van der Waals surface area contributed by atoms with Gasteiger partial charge in [-0.2, -0.15) is 5.10 Å². The standard InChI is InChI=1S/C23H23N7O2/c1-15-18(13-29(2)28-15)16-8-9-20-17(12-16)23(31)26-21-7-5-6-19(25-21)22-27-24-14-30(22)10-3-4-11-32-20/h5-9,12-14H,3-4,10-11H2,1-2H3,(H,25,26,31). The Kier molecular flexibility index (Phi) is 5.14. The van der Waals surface area contributed by atoms with Crippen LogP contribution in [0.5, 0.6) is 5.75 Å². The molecule has 2 bridgehead atoms. The molecule has 0 saturated heterocycles. The number of aromatic nitrogens is 6. The molecule has 4 heterocycles. The average molecular weight is 429 g/mol. The van der Waals surface area contributed by atoms with Crippen molar-refractivity contribution in [2.24, 2.45) is 7.05 Å². The second kappa shape index (κ2) is 8.26. The number of aryl methyl sites for hydroxylation is 3. The van der Waals surface area contributed by atoms with Gasteiger partial charge in [0, 0.05) is 25.4 Å². The number of amides is 1. The second-order valence-electron chi connectivity index (χ2n) is 7.78. The van der Waals surface area contributed by atoms with Crippen LogP contribution in [0.25, 0.3) is 22.6 Å². The maximum atomic E-state index is 13.3. The van der Waals surface area contributed by atoms with Crippen LogP contribution in [0.3, 0.4) is 0 Å². The Labute approximate surface area is 185 Å². The maximum Gasteiger partial charge on any atom is 0.260 e. The number of hydrogen-bond donors (Lipinski definition) is 1. The summed E-state index contributed by atoms with van der Waals surface area (Å²) < 4.78 is 9.74. The number of hydrogen-bond acceptors (Lipinski definition) is 6. The first-order chi connectivity index (χ1) is 15.6. The van der Waals surface area contributed by atoms with Gasteiger partial charge in [0.25, 0.3) is 5.91 Å². The number of benzene rings is 1. The lowest BCUT2D eigenvalue weighted by molar-refractivity contribution is 0.102. The van der Waals surface area contributed by atoms with Crippen LogP contribution in [0.1, 0.15) is 28.9 Å². The molecule has 0 aliphatic carbocycles. The maximum absolute atomic E-state index is 13.3. The molecule has 32 heavy (non-hydrogen) atoms. The highest BCUT2D eigenvalue weighted by atomic mass is 16.5. The molecule has 9 nitrogen and oxygen atoms in total. The van der Waals surface area contributed by atoms with Gasteiger partial charge in [-0.05, 0) is 49.6 Å². The van der Waals surface area contributed by atoms with Gasteiger partial charge in [-0.25, -0.2) is 4.98 Å². The number of nitrogens with zero attached hydrogens (tertiary/aromatic N) is 6. The van der Waals surface area contributed by atoms with E-state index >= 15 is 0 Å². The fourth-order valence-electron chi connectivity index (χ4n) is 3.88. The molecule has 1 N–H and O–H groups in total. The number of pyridine rings is 1. The van der Waals surface area contributed by atoms with Crippen molar-refractivity contribution in [3.8, 4) is 28.4 Å². The summed E-state index contributed by atoms with van der Waals surface area (Å²) in [6, 6.07) is 11.1. The topological polar surface area (TPSA) is 99.8 Å². The minimum Gasteiger partial charge on any atom is -0.493 e. The molecule has 0 unspecified atom stereocenters. The third-order valence-corrected chi connectivity index (χ3v) is 5.43. The van der Waals surface area contributed by atoms with Gasteiger partial charge in [-0.1, -0.05) is 12.1 Å². The van der Waals surface area contributed by atoms with Crippen LogP contribution in [0.2, 0.25) is 0 Å². The van der Waals surface area contributed by atoms with E-state index in [0.29, 0.717) is 35.3 Å². The summed E-state index contributed by atoms with van der Waals surface area (Å²) in [7, 11) is 1.88. The highest BCUT2D eigenvalue weighted by Crippen LogP contribution is 2.29. The highest BCUT2D eigenvalue weighted by molar-refractivity contribution is 6.06. The van der Waals surface area contributed by atoms with E-state index in [9.17, 15) is 4.79 Å². The van der Waals surface area contributed by atoms with Crippen molar-refractivity contribution in [1.82, 2.24) is 29.5 Å². The van der Waals surface area contributed by atoms with Crippen molar-refractivity contribution in [2.75, 3.05) is 11.9 Å². The second-order valence-corrected chi connectivity index (χ2v) is 7.78. The number of fused-ring (bicyclic) bond motifs is 5. The molecule has 5 rings (SSSR count). The Hall–Kier alpha value is -4.01. The number of ether oxygens (including phenoxy) is 1. The van der Waals surface area contributed by atoms with Gasteiger partial charge in [-0.15, -0.1) is 10.2 Å². The number of nitrogens with one attached hydrogen (secondary N) is 1. The first kappa shape index (κ1) is 19.9. The fraction of sp³-hybridized carbons (Fsp3) is 0.261. The lowest BCUT2D eigenvalue weighted by atomic mass is 10.0. The Morgan fingerprint density at radius 1 is 1.12 bits per heavy atom. The lowest BCUT2D eigenvalue weighted by Crippen LogP contribution is -2.16. The summed E-state index contributed by atoms with van der Waals surface area (Å²) in [6.45, 7) is 3.22. The van der Waals surface area contributed by atoms with Crippen LogP contribution in [0, 0.1) is 6.92 Å². The lowest BCUT2D eigenvalue weighted by Gasteiger charge is -2.15. The van der Waals surface area contributed by atoms with Gasteiger partial charge < -0.3 is 14.6 Å². The fourth-order valence-corrected chi connectivity index (χ4v) is 3.88. The first-order valence-corrected chi connectivity index (χ1v) is 10.5. The third kappa shape index (κ3) is 3.84. The SMILES string of the molecule is Cc1nn(C)cc1-c1ccc2c(c1)C(=O)Nc1cccc(n1)-c1nncn1CCCCO2. The Bertz CT molecular complexity index is 1290. The van der Waals surface area contributed by atoms with Crippen LogP contribution >= 0.6 is 0 Å². The molecule has 0 spiro atoms. The summed E-state index contributed by atoms with van der Waals surface area (Å²) in [5.41, 5.74) is 3.89. The van der Waals surface area contributed by atoms with Crippen LogP contribution in [0.4, 0.5) is 5.82 Å². The molecule has 0 fully saturated rings. The van der Waals surface area contributed by atoms with E-state index in [0.717, 1.165) is 36.2 Å². The molecule has 1 aliphatic rings. The monoisotopic (exact) mass is 429 g/mol. The van der Waals surface area contributed by atoms with Crippen molar-refractivity contribution in [3.63, 3.8) is 0 Å². The minimum absolute atomic E-state index is 0.286. The van der Waals surface area contributed by atoms with Gasteiger partial charge in [-0.3, -0.25) is 9.48 Å². The minimum atomic E-state index is -0.286. The molecular weight excluding hydrogens is 406 g/mol. The molecule has 1 aromatic carbocycles. The van der Waals surface area contributed by atoms with Crippen molar-refractivity contribution in [2.45, 2.75) is 26.3 Å². The van der Waals surface area contributed by atoms with Crippen molar-refractivity contribution < 1.29 is 9.53 Å². The average Bonchev–Trinajstić information content (AvgIpc) is 3.39. The molecule has 0 saturated carbocycles. The predicted molar refractivity (Wildman–Crippen MR) is 119 cm³/mol. The molecular formula is C23H23N7O2. The van der Waals surface area contributed by atoms with E-state index in [4.69, 9.17) is 4.74 Å². The van der Waals surface area contributed by atoms with E-state index in [1.54, 1.807) is 17.1 Å². The van der Waals surface area contributed by atoms with Gasteiger partial charge in [0.15, 0.2) is 5.82 Å². The summed E-state index contributed by atoms with van der Waals surface area (Å²) in [5.74, 6) is 1.37. The van der Waals surface area contributed by atoms with Crippen molar-refractivity contribution >= 4 is 11.7 Å². The molecule has 0 radical (unpaired) electrons. The number of rotatable bonds is 1. The van der Waals surface area contributed by atoms with E-state index < -0.39 is 0 Å². The number of carbonyl (C=O) groups is 1. The summed E-state index contributed by atoms with van der Waals surface area (Å²) in [4.78, 5) is 17.9. The smallest absolute Gasteiger partial charge is 0.260 e. The predicted octanol–water partition coefficient (Wildman–Crippen LogP) is 3.47. The zero-order valence-corrected chi connectivity index (χ0v) is 17.9. The molecule has 4 aromatic rings. The van der Waals surface area contributed by atoms with Crippen molar-refractivity contribution in [1.29, 1.82) is 0 Å². The number of anilines is 1. The molecule has 162 valence electrons. The third-order valence-electron chi connectivity index (χ3n) is 5.43. The normalized spacial score (nSPS) is 14.0. The van der Waals surface area contributed by atoms with Gasteiger partial charge >= 0.3 is 0 Å². The molecule has 1 amide bonds. The van der Waals surface area contributed by atoms with Crippen molar-refractivity contribution in [3.05, 3.63) is 60.2 Å². The zero-order valence-electron chi connectivity index (χ0n) is 17.9. The largest absolute Gasteiger partial charge is 0.493 e. The van der Waals surface area contributed by atoms with E-state index in [1.807, 2.05) is 55.1 Å². The van der Waals surface area contributed by atoms with Crippen LogP contribution in [0.15, 0.2) is 48.9 Å². The molecule has 1 aliphatic heterocycles. The highest BCUT2D eigenvalue weighted by Gasteiger charge is 2.18. The van der Waals surface area contributed by atoms with Gasteiger partial charge in [0.1, 0.15) is 23.6 Å². The molecule has 3 aromatic heterocycles. The van der Waals surface area contributed by atoms with Crippen LogP contribution in [-0.2, 0) is 13.6 Å². The Morgan fingerprint density at radius 2 is 2.03 bits per heavy atom. The van der Waals surface area contributed by atoms with Crippen LogP contribution in [-0.4, -0.2) is 42.0 Å². The summed E-state index contributed by atoms with van der Waals surface area (Å²) in [5, 5.41) is 15.6. The van der Waals surface area contributed by atoms with Gasteiger partial charge in [0.05, 0.1) is 17.9 Å². The summed E-state index contributed by atoms with van der Waals surface area (Å²) in [6.07, 6.45) is 5.36. The quantitative estimate of drug-likeness (QED) is 0.497.